The van der Waals surface area contributed by atoms with Crippen molar-refractivity contribution in [3.05, 3.63) is 41.1 Å². The molecule has 0 saturated heterocycles. The van der Waals surface area contributed by atoms with Gasteiger partial charge in [-0.25, -0.2) is 9.59 Å². The number of nitrogens with one attached hydrogen (secondary N) is 2. The average Bonchev–Trinajstić information content (AvgIpc) is 2.59. The highest BCUT2D eigenvalue weighted by molar-refractivity contribution is 5.95. The standard InChI is InChI=1S/C19H26N2O4/c1-4-6-7-12-25-18(22)16-13(3)20-19(23)21-17(16)14-8-10-15(11-9-14)24-5-2/h8-11,17H,4-7,12H2,1-3H3,(H2,20,21,23)/t17-/m1/s1. The molecule has 1 atom stereocenters. The molecule has 1 aromatic rings. The van der Waals surface area contributed by atoms with Crippen LogP contribution in [0.2, 0.25) is 0 Å². The third-order valence-corrected chi connectivity index (χ3v) is 3.99. The number of esters is 1. The summed E-state index contributed by atoms with van der Waals surface area (Å²) in [5, 5.41) is 5.44. The van der Waals surface area contributed by atoms with Crippen molar-refractivity contribution in [1.82, 2.24) is 10.6 Å². The van der Waals surface area contributed by atoms with Crippen molar-refractivity contribution in [2.75, 3.05) is 13.2 Å². The van der Waals surface area contributed by atoms with E-state index in [1.165, 1.54) is 0 Å². The summed E-state index contributed by atoms with van der Waals surface area (Å²) < 4.78 is 10.8. The molecule has 0 radical (unpaired) electrons. The van der Waals surface area contributed by atoms with Crippen molar-refractivity contribution in [1.29, 1.82) is 0 Å². The van der Waals surface area contributed by atoms with Crippen molar-refractivity contribution in [3.8, 4) is 5.75 Å². The van der Waals surface area contributed by atoms with Crippen molar-refractivity contribution in [2.45, 2.75) is 46.1 Å². The fraction of sp³-hybridized carbons (Fsp3) is 0.474. The average molecular weight is 346 g/mol. The van der Waals surface area contributed by atoms with E-state index in [0.717, 1.165) is 30.6 Å². The lowest BCUT2D eigenvalue weighted by molar-refractivity contribution is -0.139. The zero-order chi connectivity index (χ0) is 18.2. The number of unbranched alkanes of at least 4 members (excludes halogenated alkanes) is 2. The Bertz CT molecular complexity index is 637. The summed E-state index contributed by atoms with van der Waals surface area (Å²) in [7, 11) is 0. The summed E-state index contributed by atoms with van der Waals surface area (Å²) in [5.74, 6) is 0.343. The van der Waals surface area contributed by atoms with Gasteiger partial charge in [0.2, 0.25) is 0 Å². The Morgan fingerprint density at radius 3 is 2.52 bits per heavy atom. The van der Waals surface area contributed by atoms with E-state index < -0.39 is 12.0 Å². The summed E-state index contributed by atoms with van der Waals surface area (Å²) >= 11 is 0. The maximum Gasteiger partial charge on any atom is 0.338 e. The summed E-state index contributed by atoms with van der Waals surface area (Å²) in [6.45, 7) is 6.69. The maximum absolute atomic E-state index is 12.5. The molecule has 1 aliphatic heterocycles. The highest BCUT2D eigenvalue weighted by Gasteiger charge is 2.32. The molecule has 136 valence electrons. The van der Waals surface area contributed by atoms with Crippen molar-refractivity contribution >= 4 is 12.0 Å². The van der Waals surface area contributed by atoms with Gasteiger partial charge >= 0.3 is 12.0 Å². The van der Waals surface area contributed by atoms with E-state index in [4.69, 9.17) is 9.47 Å². The molecule has 0 fully saturated rings. The summed E-state index contributed by atoms with van der Waals surface area (Å²) in [4.78, 5) is 24.4. The zero-order valence-electron chi connectivity index (χ0n) is 15.1. The number of urea groups is 1. The highest BCUT2D eigenvalue weighted by Crippen LogP contribution is 2.28. The van der Waals surface area contributed by atoms with E-state index >= 15 is 0 Å². The first-order chi connectivity index (χ1) is 12.1. The molecule has 2 N–H and O–H groups in total. The van der Waals surface area contributed by atoms with Crippen LogP contribution in [-0.2, 0) is 9.53 Å². The fourth-order valence-corrected chi connectivity index (χ4v) is 2.73. The maximum atomic E-state index is 12.5. The number of benzene rings is 1. The lowest BCUT2D eigenvalue weighted by atomic mass is 9.95. The third kappa shape index (κ3) is 4.98. The Balaban J connectivity index is 2.19. The van der Waals surface area contributed by atoms with Crippen LogP contribution in [0, 0.1) is 0 Å². The lowest BCUT2D eigenvalue weighted by Gasteiger charge is -2.28. The van der Waals surface area contributed by atoms with Gasteiger partial charge in [0, 0.05) is 5.70 Å². The number of carbonyl (C=O) groups excluding carboxylic acids is 2. The van der Waals surface area contributed by atoms with Crippen LogP contribution in [0.15, 0.2) is 35.5 Å². The van der Waals surface area contributed by atoms with Gasteiger partial charge in [0.25, 0.3) is 0 Å². The van der Waals surface area contributed by atoms with E-state index in [1.807, 2.05) is 31.2 Å². The van der Waals surface area contributed by atoms with Crippen LogP contribution in [0.5, 0.6) is 5.75 Å². The normalized spacial score (nSPS) is 16.9. The number of carbonyl (C=O) groups is 2. The highest BCUT2D eigenvalue weighted by atomic mass is 16.5. The smallest absolute Gasteiger partial charge is 0.338 e. The minimum atomic E-state index is -0.539. The minimum absolute atomic E-state index is 0.334. The Morgan fingerprint density at radius 1 is 1.16 bits per heavy atom. The van der Waals surface area contributed by atoms with Gasteiger partial charge in [-0.1, -0.05) is 31.9 Å². The van der Waals surface area contributed by atoms with Crippen LogP contribution < -0.4 is 15.4 Å². The molecule has 6 nitrogen and oxygen atoms in total. The number of ether oxygens (including phenoxy) is 2. The number of rotatable bonds is 8. The second-order valence-corrected chi connectivity index (χ2v) is 5.92. The first-order valence-electron chi connectivity index (χ1n) is 8.75. The van der Waals surface area contributed by atoms with Crippen LogP contribution in [0.4, 0.5) is 4.79 Å². The van der Waals surface area contributed by atoms with Crippen LogP contribution >= 0.6 is 0 Å². The Labute approximate surface area is 148 Å². The van der Waals surface area contributed by atoms with Crippen LogP contribution in [0.25, 0.3) is 0 Å². The SMILES string of the molecule is CCCCCOC(=O)C1=C(C)NC(=O)N[C@@H]1c1ccc(OCC)cc1. The van der Waals surface area contributed by atoms with Crippen LogP contribution in [0.3, 0.4) is 0 Å². The first kappa shape index (κ1) is 18.8. The summed E-state index contributed by atoms with van der Waals surface area (Å²) in [5.41, 5.74) is 1.75. The molecule has 0 aliphatic carbocycles. The van der Waals surface area contributed by atoms with Crippen molar-refractivity contribution in [2.24, 2.45) is 0 Å². The fourth-order valence-electron chi connectivity index (χ4n) is 2.73. The van der Waals surface area contributed by atoms with E-state index in [0.29, 0.717) is 24.5 Å². The molecule has 2 amide bonds. The van der Waals surface area contributed by atoms with Gasteiger partial charge in [-0.15, -0.1) is 0 Å². The predicted octanol–water partition coefficient (Wildman–Crippen LogP) is 3.45. The largest absolute Gasteiger partial charge is 0.494 e. The number of allylic oxidation sites excluding steroid dienone is 1. The topological polar surface area (TPSA) is 76.7 Å². The van der Waals surface area contributed by atoms with E-state index in [-0.39, 0.29) is 6.03 Å². The van der Waals surface area contributed by atoms with E-state index in [1.54, 1.807) is 6.92 Å². The Kier molecular flexibility index (Phi) is 6.86. The van der Waals surface area contributed by atoms with Gasteiger partial charge in [-0.3, -0.25) is 0 Å². The molecule has 0 spiro atoms. The molecule has 0 bridgehead atoms. The minimum Gasteiger partial charge on any atom is -0.494 e. The predicted molar refractivity (Wildman–Crippen MR) is 95.2 cm³/mol. The number of hydrogen-bond acceptors (Lipinski definition) is 4. The van der Waals surface area contributed by atoms with Crippen LogP contribution in [0.1, 0.15) is 51.6 Å². The Morgan fingerprint density at radius 2 is 1.88 bits per heavy atom. The monoisotopic (exact) mass is 346 g/mol. The quantitative estimate of drug-likeness (QED) is 0.558. The summed E-state index contributed by atoms with van der Waals surface area (Å²) in [6.07, 6.45) is 2.91. The third-order valence-electron chi connectivity index (χ3n) is 3.99. The van der Waals surface area contributed by atoms with E-state index in [2.05, 4.69) is 17.6 Å². The van der Waals surface area contributed by atoms with E-state index in [9.17, 15) is 9.59 Å². The molecule has 25 heavy (non-hydrogen) atoms. The second kappa shape index (κ2) is 9.11. The van der Waals surface area contributed by atoms with Gasteiger partial charge in [0.1, 0.15) is 5.75 Å². The van der Waals surface area contributed by atoms with Gasteiger partial charge < -0.3 is 20.1 Å². The molecular formula is C19H26N2O4. The molecule has 1 heterocycles. The molecule has 0 unspecified atom stereocenters. The van der Waals surface area contributed by atoms with Crippen molar-refractivity contribution < 1.29 is 19.1 Å². The van der Waals surface area contributed by atoms with Crippen molar-refractivity contribution in [3.63, 3.8) is 0 Å². The number of amides is 2. The molecule has 2 rings (SSSR count). The van der Waals surface area contributed by atoms with Crippen LogP contribution in [-0.4, -0.2) is 25.2 Å². The Hall–Kier alpha value is -2.50. The second-order valence-electron chi connectivity index (χ2n) is 5.92. The van der Waals surface area contributed by atoms with Gasteiger partial charge in [-0.05, 0) is 38.0 Å². The molecule has 1 aliphatic rings. The molecule has 6 heteroatoms. The summed E-state index contributed by atoms with van der Waals surface area (Å²) in [6, 6.07) is 6.47. The molecule has 0 saturated carbocycles. The number of hydrogen-bond donors (Lipinski definition) is 2. The van der Waals surface area contributed by atoms with Gasteiger partial charge in [-0.2, -0.15) is 0 Å². The molecule has 0 aromatic heterocycles. The lowest BCUT2D eigenvalue weighted by Crippen LogP contribution is -2.45. The zero-order valence-corrected chi connectivity index (χ0v) is 15.1. The van der Waals surface area contributed by atoms with Gasteiger partial charge in [0.05, 0.1) is 24.8 Å². The molecular weight excluding hydrogens is 320 g/mol. The molecule has 1 aromatic carbocycles. The first-order valence-corrected chi connectivity index (χ1v) is 8.75. The van der Waals surface area contributed by atoms with Gasteiger partial charge in [0.15, 0.2) is 0 Å².